The van der Waals surface area contributed by atoms with Crippen LogP contribution < -0.4 is 10.0 Å². The second-order valence-electron chi connectivity index (χ2n) is 5.01. The van der Waals surface area contributed by atoms with Gasteiger partial charge in [0.25, 0.3) is 0 Å². The van der Waals surface area contributed by atoms with Crippen LogP contribution >= 0.6 is 0 Å². The number of rotatable bonds is 9. The summed E-state index contributed by atoms with van der Waals surface area (Å²) in [5, 5.41) is 3.44. The van der Waals surface area contributed by atoms with Gasteiger partial charge < -0.3 is 10.1 Å². The highest BCUT2D eigenvalue weighted by molar-refractivity contribution is 7.89. The maximum atomic E-state index is 12.0. The lowest BCUT2D eigenvalue weighted by molar-refractivity contribution is 0.204. The summed E-state index contributed by atoms with van der Waals surface area (Å²) in [6.45, 7) is 1.60. The van der Waals surface area contributed by atoms with Crippen molar-refractivity contribution >= 4 is 10.0 Å². The molecule has 2 rings (SSSR count). The van der Waals surface area contributed by atoms with Crippen molar-refractivity contribution in [3.63, 3.8) is 0 Å². The average molecular weight is 298 g/mol. The monoisotopic (exact) mass is 298 g/mol. The fraction of sp³-hybridized carbons (Fsp3) is 0.571. The minimum Gasteiger partial charge on any atom is -0.383 e. The predicted molar refractivity (Wildman–Crippen MR) is 78.2 cm³/mol. The fourth-order valence-electron chi connectivity index (χ4n) is 1.90. The van der Waals surface area contributed by atoms with E-state index in [-0.39, 0.29) is 6.54 Å². The van der Waals surface area contributed by atoms with Crippen LogP contribution in [0.15, 0.2) is 29.2 Å². The molecule has 0 unspecified atom stereocenters. The third-order valence-electron chi connectivity index (χ3n) is 3.26. The Balaban J connectivity index is 1.85. The molecule has 0 heterocycles. The lowest BCUT2D eigenvalue weighted by atomic mass is 10.1. The average Bonchev–Trinajstić information content (AvgIpc) is 3.24. The summed E-state index contributed by atoms with van der Waals surface area (Å²) in [6, 6.07) is 7.77. The molecule has 0 amide bonds. The van der Waals surface area contributed by atoms with Gasteiger partial charge in [-0.15, -0.1) is 0 Å². The summed E-state index contributed by atoms with van der Waals surface area (Å²) in [6.07, 6.45) is 3.49. The van der Waals surface area contributed by atoms with Crippen molar-refractivity contribution in [1.29, 1.82) is 0 Å². The Kier molecular flexibility index (Phi) is 5.54. The van der Waals surface area contributed by atoms with Gasteiger partial charge in [-0.3, -0.25) is 0 Å². The summed E-state index contributed by atoms with van der Waals surface area (Å²) >= 11 is 0. The van der Waals surface area contributed by atoms with Crippen molar-refractivity contribution in [3.05, 3.63) is 29.8 Å². The van der Waals surface area contributed by atoms with Crippen LogP contribution in [-0.4, -0.2) is 41.3 Å². The Hall–Kier alpha value is -0.950. The van der Waals surface area contributed by atoms with Gasteiger partial charge in [0, 0.05) is 19.7 Å². The highest BCUT2D eigenvalue weighted by Crippen LogP contribution is 2.18. The van der Waals surface area contributed by atoms with Gasteiger partial charge in [0.1, 0.15) is 0 Å². The number of methoxy groups -OCH3 is 1. The molecule has 1 aliphatic carbocycles. The molecule has 6 heteroatoms. The standard InChI is InChI=1S/C14H22N2O3S/c1-19-11-10-16-20(17,18)14-6-2-12(3-7-14)8-9-15-13-4-5-13/h2-3,6-7,13,15-16H,4-5,8-11H2,1H3. The molecule has 0 spiro atoms. The lowest BCUT2D eigenvalue weighted by Crippen LogP contribution is -2.27. The minimum atomic E-state index is -3.42. The third-order valence-corrected chi connectivity index (χ3v) is 4.73. The van der Waals surface area contributed by atoms with E-state index in [1.54, 1.807) is 19.2 Å². The van der Waals surface area contributed by atoms with Crippen LogP contribution in [0.1, 0.15) is 18.4 Å². The molecule has 0 atom stereocenters. The lowest BCUT2D eigenvalue weighted by Gasteiger charge is -2.07. The van der Waals surface area contributed by atoms with E-state index in [1.165, 1.54) is 12.8 Å². The number of ether oxygens (including phenoxy) is 1. The Morgan fingerprint density at radius 1 is 1.20 bits per heavy atom. The van der Waals surface area contributed by atoms with Crippen molar-refractivity contribution in [2.75, 3.05) is 26.8 Å². The van der Waals surface area contributed by atoms with Gasteiger partial charge >= 0.3 is 0 Å². The quantitative estimate of drug-likeness (QED) is 0.665. The van der Waals surface area contributed by atoms with Crippen LogP contribution in [0.5, 0.6) is 0 Å². The smallest absolute Gasteiger partial charge is 0.240 e. The van der Waals surface area contributed by atoms with E-state index in [0.29, 0.717) is 17.5 Å². The van der Waals surface area contributed by atoms with Gasteiger partial charge in [0.05, 0.1) is 11.5 Å². The van der Waals surface area contributed by atoms with Crippen LogP contribution in [0.2, 0.25) is 0 Å². The van der Waals surface area contributed by atoms with Crippen LogP contribution in [-0.2, 0) is 21.2 Å². The first-order chi connectivity index (χ1) is 9.62. The van der Waals surface area contributed by atoms with Crippen LogP contribution in [0.3, 0.4) is 0 Å². The molecule has 0 saturated heterocycles. The minimum absolute atomic E-state index is 0.284. The van der Waals surface area contributed by atoms with Gasteiger partial charge in [0.2, 0.25) is 10.0 Å². The van der Waals surface area contributed by atoms with Gasteiger partial charge in [-0.1, -0.05) is 12.1 Å². The van der Waals surface area contributed by atoms with E-state index in [2.05, 4.69) is 10.0 Å². The summed E-state index contributed by atoms with van der Waals surface area (Å²) in [5.41, 5.74) is 1.15. The second-order valence-corrected chi connectivity index (χ2v) is 6.78. The second kappa shape index (κ2) is 7.17. The highest BCUT2D eigenvalue weighted by Gasteiger charge is 2.19. The van der Waals surface area contributed by atoms with Gasteiger partial charge in [-0.2, -0.15) is 0 Å². The van der Waals surface area contributed by atoms with Gasteiger partial charge in [0.15, 0.2) is 0 Å². The van der Waals surface area contributed by atoms with Crippen molar-refractivity contribution in [1.82, 2.24) is 10.0 Å². The van der Waals surface area contributed by atoms with E-state index in [4.69, 9.17) is 4.74 Å². The molecular formula is C14H22N2O3S. The third kappa shape index (κ3) is 4.86. The molecule has 20 heavy (non-hydrogen) atoms. The maximum Gasteiger partial charge on any atom is 0.240 e. The Morgan fingerprint density at radius 3 is 2.50 bits per heavy atom. The zero-order valence-electron chi connectivity index (χ0n) is 11.8. The highest BCUT2D eigenvalue weighted by atomic mass is 32.2. The molecule has 112 valence electrons. The SMILES string of the molecule is COCCNS(=O)(=O)c1ccc(CCNC2CC2)cc1. The molecule has 2 N–H and O–H groups in total. The van der Waals surface area contributed by atoms with E-state index in [9.17, 15) is 8.42 Å². The summed E-state index contributed by atoms with van der Waals surface area (Å²) < 4.78 is 31.2. The fourth-order valence-corrected chi connectivity index (χ4v) is 2.92. The first-order valence-corrected chi connectivity index (χ1v) is 8.41. The first-order valence-electron chi connectivity index (χ1n) is 6.93. The molecule has 1 aromatic rings. The van der Waals surface area contributed by atoms with Crippen LogP contribution in [0.4, 0.5) is 0 Å². The van der Waals surface area contributed by atoms with Gasteiger partial charge in [-0.05, 0) is 43.5 Å². The Labute approximate surface area is 120 Å². The van der Waals surface area contributed by atoms with Crippen molar-refractivity contribution in [3.8, 4) is 0 Å². The van der Waals surface area contributed by atoms with Crippen LogP contribution in [0, 0.1) is 0 Å². The molecular weight excluding hydrogens is 276 g/mol. The molecule has 0 radical (unpaired) electrons. The van der Waals surface area contributed by atoms with E-state index < -0.39 is 10.0 Å². The molecule has 1 aromatic carbocycles. The topological polar surface area (TPSA) is 67.4 Å². The van der Waals surface area contributed by atoms with E-state index >= 15 is 0 Å². The summed E-state index contributed by atoms with van der Waals surface area (Å²) in [7, 11) is -1.88. The molecule has 1 fully saturated rings. The molecule has 1 aliphatic rings. The number of hydrogen-bond acceptors (Lipinski definition) is 4. The van der Waals surface area contributed by atoms with Crippen molar-refractivity contribution in [2.24, 2.45) is 0 Å². The molecule has 5 nitrogen and oxygen atoms in total. The molecule has 0 aromatic heterocycles. The van der Waals surface area contributed by atoms with E-state index in [1.807, 2.05) is 12.1 Å². The zero-order valence-corrected chi connectivity index (χ0v) is 12.6. The van der Waals surface area contributed by atoms with E-state index in [0.717, 1.165) is 18.5 Å². The number of sulfonamides is 1. The first kappa shape index (κ1) is 15.4. The Morgan fingerprint density at radius 2 is 1.90 bits per heavy atom. The van der Waals surface area contributed by atoms with Gasteiger partial charge in [-0.25, -0.2) is 13.1 Å². The van der Waals surface area contributed by atoms with Crippen molar-refractivity contribution < 1.29 is 13.2 Å². The number of nitrogens with one attached hydrogen (secondary N) is 2. The maximum absolute atomic E-state index is 12.0. The number of benzene rings is 1. The van der Waals surface area contributed by atoms with Crippen LogP contribution in [0.25, 0.3) is 0 Å². The molecule has 0 aliphatic heterocycles. The van der Waals surface area contributed by atoms with Crippen molar-refractivity contribution in [2.45, 2.75) is 30.2 Å². The normalized spacial score (nSPS) is 15.4. The predicted octanol–water partition coefficient (Wildman–Crippen LogP) is 0.906. The Bertz CT molecular complexity index is 510. The molecule has 1 saturated carbocycles. The molecule has 0 bridgehead atoms. The summed E-state index contributed by atoms with van der Waals surface area (Å²) in [5.74, 6) is 0. The largest absolute Gasteiger partial charge is 0.383 e. The zero-order chi connectivity index (χ0) is 14.4. The summed E-state index contributed by atoms with van der Waals surface area (Å²) in [4.78, 5) is 0.299. The number of hydrogen-bond donors (Lipinski definition) is 2.